The molecule has 230 valence electrons. The lowest BCUT2D eigenvalue weighted by Gasteiger charge is -2.22. The SMILES string of the molecule is Nc1ccc(-c2ccc(-c3ccc(N)cc3)c(-c3cccc4c(-c5ccc(N)cc5)c5ccccc5c(-c5ccc(N)cc5)c34)c2)cc1. The molecule has 0 radical (unpaired) electrons. The predicted molar refractivity (Wildman–Crippen MR) is 206 cm³/mol. The van der Waals surface area contributed by atoms with Crippen LogP contribution in [-0.2, 0) is 0 Å². The van der Waals surface area contributed by atoms with Gasteiger partial charge in [0.15, 0.2) is 0 Å². The third-order valence-electron chi connectivity index (χ3n) is 9.22. The summed E-state index contributed by atoms with van der Waals surface area (Å²) in [5, 5.41) is 4.66. The molecule has 8 aromatic rings. The Balaban J connectivity index is 1.54. The van der Waals surface area contributed by atoms with Crippen LogP contribution in [0, 0.1) is 0 Å². The van der Waals surface area contributed by atoms with Crippen LogP contribution in [0.4, 0.5) is 22.7 Å². The third kappa shape index (κ3) is 5.06. The molecule has 0 aliphatic heterocycles. The van der Waals surface area contributed by atoms with E-state index < -0.39 is 0 Å². The first-order valence-corrected chi connectivity index (χ1v) is 16.0. The largest absolute Gasteiger partial charge is 0.399 e. The van der Waals surface area contributed by atoms with E-state index >= 15 is 0 Å². The lowest BCUT2D eigenvalue weighted by atomic mass is 9.81. The number of hydrogen-bond donors (Lipinski definition) is 4. The zero-order valence-electron chi connectivity index (χ0n) is 26.3. The van der Waals surface area contributed by atoms with E-state index in [4.69, 9.17) is 22.9 Å². The molecule has 0 saturated heterocycles. The average molecular weight is 619 g/mol. The van der Waals surface area contributed by atoms with Crippen LogP contribution in [0.3, 0.4) is 0 Å². The molecule has 0 bridgehead atoms. The fourth-order valence-electron chi connectivity index (χ4n) is 6.90. The number of benzene rings is 8. The minimum Gasteiger partial charge on any atom is -0.399 e. The van der Waals surface area contributed by atoms with Crippen molar-refractivity contribution in [3.05, 3.63) is 158 Å². The smallest absolute Gasteiger partial charge is 0.0314 e. The second-order valence-electron chi connectivity index (χ2n) is 12.3. The molecule has 8 aromatic carbocycles. The number of fused-ring (bicyclic) bond motifs is 2. The van der Waals surface area contributed by atoms with Crippen LogP contribution in [0.15, 0.2) is 158 Å². The van der Waals surface area contributed by atoms with Crippen LogP contribution in [0.2, 0.25) is 0 Å². The zero-order valence-corrected chi connectivity index (χ0v) is 26.3. The summed E-state index contributed by atoms with van der Waals surface area (Å²) in [6.45, 7) is 0. The van der Waals surface area contributed by atoms with Crippen molar-refractivity contribution in [2.45, 2.75) is 0 Å². The average Bonchev–Trinajstić information content (AvgIpc) is 3.12. The van der Waals surface area contributed by atoms with Crippen molar-refractivity contribution in [1.29, 1.82) is 0 Å². The van der Waals surface area contributed by atoms with Crippen LogP contribution < -0.4 is 22.9 Å². The molecule has 0 heterocycles. The molecule has 0 spiro atoms. The highest BCUT2D eigenvalue weighted by molar-refractivity contribution is 6.25. The number of anilines is 4. The molecule has 0 fully saturated rings. The normalized spacial score (nSPS) is 11.2. The van der Waals surface area contributed by atoms with Gasteiger partial charge in [-0.1, -0.05) is 103 Å². The fraction of sp³-hybridized carbons (Fsp3) is 0. The van der Waals surface area contributed by atoms with Crippen molar-refractivity contribution >= 4 is 44.3 Å². The second-order valence-corrected chi connectivity index (χ2v) is 12.3. The van der Waals surface area contributed by atoms with E-state index in [9.17, 15) is 0 Å². The van der Waals surface area contributed by atoms with Gasteiger partial charge in [-0.3, -0.25) is 0 Å². The molecule has 48 heavy (non-hydrogen) atoms. The third-order valence-corrected chi connectivity index (χ3v) is 9.22. The molecule has 0 unspecified atom stereocenters. The first-order chi connectivity index (χ1) is 23.4. The highest BCUT2D eigenvalue weighted by Crippen LogP contribution is 2.49. The van der Waals surface area contributed by atoms with Gasteiger partial charge in [0.2, 0.25) is 0 Å². The maximum absolute atomic E-state index is 6.21. The summed E-state index contributed by atoms with van der Waals surface area (Å²) < 4.78 is 0. The molecule has 8 N–H and O–H groups in total. The molecule has 8 rings (SSSR count). The lowest BCUT2D eigenvalue weighted by Crippen LogP contribution is -1.95. The molecule has 0 atom stereocenters. The molecule has 0 aliphatic rings. The highest BCUT2D eigenvalue weighted by Gasteiger charge is 2.21. The van der Waals surface area contributed by atoms with Gasteiger partial charge >= 0.3 is 0 Å². The Kier molecular flexibility index (Phi) is 7.04. The summed E-state index contributed by atoms with van der Waals surface area (Å²) in [5.41, 5.74) is 38.7. The summed E-state index contributed by atoms with van der Waals surface area (Å²) in [6, 6.07) is 54.6. The Morgan fingerprint density at radius 3 is 1.27 bits per heavy atom. The monoisotopic (exact) mass is 618 g/mol. The van der Waals surface area contributed by atoms with Crippen molar-refractivity contribution < 1.29 is 0 Å². The lowest BCUT2D eigenvalue weighted by molar-refractivity contribution is 1.57. The Morgan fingerprint density at radius 1 is 0.271 bits per heavy atom. The highest BCUT2D eigenvalue weighted by atomic mass is 14.5. The molecule has 0 saturated carbocycles. The van der Waals surface area contributed by atoms with Gasteiger partial charge in [-0.15, -0.1) is 0 Å². The van der Waals surface area contributed by atoms with E-state index in [2.05, 4.69) is 109 Å². The maximum atomic E-state index is 6.21. The minimum atomic E-state index is 0.730. The molecule has 4 nitrogen and oxygen atoms in total. The summed E-state index contributed by atoms with van der Waals surface area (Å²) in [5.74, 6) is 0. The summed E-state index contributed by atoms with van der Waals surface area (Å²) in [4.78, 5) is 0. The molecule has 4 heteroatoms. The van der Waals surface area contributed by atoms with Crippen LogP contribution in [0.25, 0.3) is 77.2 Å². The van der Waals surface area contributed by atoms with Gasteiger partial charge in [0.25, 0.3) is 0 Å². The fourth-order valence-corrected chi connectivity index (χ4v) is 6.90. The number of nitrogens with two attached hydrogens (primary N) is 4. The number of hydrogen-bond acceptors (Lipinski definition) is 4. The Labute approximate surface area is 279 Å². The Bertz CT molecular complexity index is 2440. The van der Waals surface area contributed by atoms with Crippen LogP contribution in [0.5, 0.6) is 0 Å². The van der Waals surface area contributed by atoms with E-state index in [1.54, 1.807) is 0 Å². The summed E-state index contributed by atoms with van der Waals surface area (Å²) in [7, 11) is 0. The van der Waals surface area contributed by atoms with Crippen molar-refractivity contribution in [2.24, 2.45) is 0 Å². The first-order valence-electron chi connectivity index (χ1n) is 16.0. The van der Waals surface area contributed by atoms with Crippen molar-refractivity contribution in [3.63, 3.8) is 0 Å². The molecule has 0 aliphatic carbocycles. The maximum Gasteiger partial charge on any atom is 0.0314 e. The van der Waals surface area contributed by atoms with E-state index in [0.29, 0.717) is 0 Å². The van der Waals surface area contributed by atoms with Crippen LogP contribution in [0.1, 0.15) is 0 Å². The zero-order chi connectivity index (χ0) is 32.8. The minimum absolute atomic E-state index is 0.730. The topological polar surface area (TPSA) is 104 Å². The van der Waals surface area contributed by atoms with E-state index in [1.165, 1.54) is 16.3 Å². The van der Waals surface area contributed by atoms with Crippen molar-refractivity contribution in [2.75, 3.05) is 22.9 Å². The molecule has 0 amide bonds. The molecular formula is C44H34N4. The van der Waals surface area contributed by atoms with Gasteiger partial charge in [-0.2, -0.15) is 0 Å². The van der Waals surface area contributed by atoms with Crippen LogP contribution in [-0.4, -0.2) is 0 Å². The van der Waals surface area contributed by atoms with Gasteiger partial charge in [-0.05, 0) is 132 Å². The summed E-state index contributed by atoms with van der Waals surface area (Å²) in [6.07, 6.45) is 0. The van der Waals surface area contributed by atoms with Gasteiger partial charge in [0.05, 0.1) is 0 Å². The molecule has 0 aromatic heterocycles. The van der Waals surface area contributed by atoms with Gasteiger partial charge in [-0.25, -0.2) is 0 Å². The Hall–Kier alpha value is -6.52. The standard InChI is InChI=1S/C44H34N4/c45-32-17-8-27(9-18-32)31-16-25-36(28-10-19-33(46)20-11-28)41(26-31)39-6-3-7-40-42(29-12-21-34(47)22-13-29)37-4-1-2-5-38(37)43(44(39)40)30-14-23-35(48)24-15-30/h1-26H,45-48H2. The van der Waals surface area contributed by atoms with Gasteiger partial charge in [0.1, 0.15) is 0 Å². The Morgan fingerprint density at radius 2 is 0.708 bits per heavy atom. The predicted octanol–water partition coefficient (Wildman–Crippen LogP) is 10.7. The van der Waals surface area contributed by atoms with E-state index in [1.807, 2.05) is 48.5 Å². The van der Waals surface area contributed by atoms with E-state index in [-0.39, 0.29) is 0 Å². The number of rotatable bonds is 5. The van der Waals surface area contributed by atoms with Gasteiger partial charge < -0.3 is 22.9 Å². The number of nitrogen functional groups attached to an aromatic ring is 4. The van der Waals surface area contributed by atoms with Crippen molar-refractivity contribution in [3.8, 4) is 55.6 Å². The second kappa shape index (κ2) is 11.7. The molecular weight excluding hydrogens is 585 g/mol. The quantitative estimate of drug-likeness (QED) is 0.114. The van der Waals surface area contributed by atoms with Crippen LogP contribution >= 0.6 is 0 Å². The van der Waals surface area contributed by atoms with Gasteiger partial charge in [0, 0.05) is 22.7 Å². The summed E-state index contributed by atoms with van der Waals surface area (Å²) >= 11 is 0. The van der Waals surface area contributed by atoms with E-state index in [0.717, 1.165) is 83.6 Å². The van der Waals surface area contributed by atoms with Crippen molar-refractivity contribution in [1.82, 2.24) is 0 Å². The first kappa shape index (κ1) is 28.9.